The smallest absolute Gasteiger partial charge is 0.236 e. The Morgan fingerprint density at radius 1 is 1.50 bits per heavy atom. The van der Waals surface area contributed by atoms with Gasteiger partial charge < -0.3 is 10.6 Å². The molecule has 98 valence electrons. The third-order valence-electron chi connectivity index (χ3n) is 3.14. The second-order valence-electron chi connectivity index (χ2n) is 4.84. The molecule has 1 aromatic heterocycles. The largest absolute Gasteiger partial charge is 0.399 e. The zero-order valence-corrected chi connectivity index (χ0v) is 10.8. The fourth-order valence-electron chi connectivity index (χ4n) is 2.21. The summed E-state index contributed by atoms with van der Waals surface area (Å²) < 4.78 is 0. The molecule has 5 nitrogen and oxygen atoms in total. The minimum atomic E-state index is 0.207. The molecule has 2 rings (SSSR count). The van der Waals surface area contributed by atoms with Gasteiger partial charge in [-0.15, -0.1) is 0 Å². The van der Waals surface area contributed by atoms with E-state index in [2.05, 4.69) is 4.98 Å². The second-order valence-corrected chi connectivity index (χ2v) is 4.84. The van der Waals surface area contributed by atoms with Crippen LogP contribution >= 0.6 is 0 Å². The Hall–Kier alpha value is -1.62. The van der Waals surface area contributed by atoms with Crippen LogP contribution in [0.2, 0.25) is 0 Å². The summed E-state index contributed by atoms with van der Waals surface area (Å²) >= 11 is 0. The number of likely N-dealkylation sites (tertiary alicyclic amines) is 1. The molecule has 5 heteroatoms. The van der Waals surface area contributed by atoms with E-state index < -0.39 is 0 Å². The van der Waals surface area contributed by atoms with Crippen LogP contribution in [0, 0.1) is 0 Å². The zero-order chi connectivity index (χ0) is 13.0. The number of amides is 1. The van der Waals surface area contributed by atoms with Crippen molar-refractivity contribution < 1.29 is 4.79 Å². The van der Waals surface area contributed by atoms with E-state index in [1.165, 1.54) is 0 Å². The van der Waals surface area contributed by atoms with Crippen LogP contribution in [0.4, 0.5) is 5.69 Å². The van der Waals surface area contributed by atoms with Crippen molar-refractivity contribution in [2.75, 3.05) is 32.4 Å². The van der Waals surface area contributed by atoms with Crippen LogP contribution in [0.3, 0.4) is 0 Å². The van der Waals surface area contributed by atoms with Gasteiger partial charge >= 0.3 is 0 Å². The Labute approximate surface area is 108 Å². The highest BCUT2D eigenvalue weighted by Crippen LogP contribution is 2.09. The standard InChI is InChI=1S/C13H20N4O/c1-16(9-12-8-11(14)4-5-15-12)10-13(18)17-6-2-3-7-17/h4-5,8H,2-3,6-7,9-10H2,1H3,(H2,14,15). The van der Waals surface area contributed by atoms with Crippen molar-refractivity contribution in [3.63, 3.8) is 0 Å². The number of hydrogen-bond donors (Lipinski definition) is 1. The first-order valence-corrected chi connectivity index (χ1v) is 6.32. The molecule has 0 saturated carbocycles. The fourth-order valence-corrected chi connectivity index (χ4v) is 2.21. The number of nitrogens with zero attached hydrogens (tertiary/aromatic N) is 3. The number of carbonyl (C=O) groups excluding carboxylic acids is 1. The third-order valence-corrected chi connectivity index (χ3v) is 3.14. The quantitative estimate of drug-likeness (QED) is 0.852. The molecule has 2 heterocycles. The molecular formula is C13H20N4O. The predicted molar refractivity (Wildman–Crippen MR) is 70.8 cm³/mol. The van der Waals surface area contributed by atoms with Gasteiger partial charge in [0, 0.05) is 31.5 Å². The lowest BCUT2D eigenvalue weighted by atomic mass is 10.3. The summed E-state index contributed by atoms with van der Waals surface area (Å²) in [7, 11) is 1.93. The predicted octanol–water partition coefficient (Wildman–Crippen LogP) is 0.718. The van der Waals surface area contributed by atoms with E-state index in [-0.39, 0.29) is 5.91 Å². The molecule has 1 fully saturated rings. The maximum Gasteiger partial charge on any atom is 0.236 e. The number of carbonyl (C=O) groups is 1. The molecule has 1 aromatic rings. The minimum Gasteiger partial charge on any atom is -0.399 e. The maximum atomic E-state index is 12.0. The van der Waals surface area contributed by atoms with Crippen molar-refractivity contribution in [1.29, 1.82) is 0 Å². The third kappa shape index (κ3) is 3.43. The monoisotopic (exact) mass is 248 g/mol. The van der Waals surface area contributed by atoms with Gasteiger partial charge in [-0.1, -0.05) is 0 Å². The first kappa shape index (κ1) is 12.8. The number of pyridine rings is 1. The highest BCUT2D eigenvalue weighted by atomic mass is 16.2. The van der Waals surface area contributed by atoms with Gasteiger partial charge in [0.05, 0.1) is 12.2 Å². The summed E-state index contributed by atoms with van der Waals surface area (Å²) in [5.41, 5.74) is 7.30. The molecule has 1 aliphatic heterocycles. The van der Waals surface area contributed by atoms with Gasteiger partial charge in [-0.2, -0.15) is 0 Å². The second kappa shape index (κ2) is 5.82. The van der Waals surface area contributed by atoms with Crippen molar-refractivity contribution >= 4 is 11.6 Å². The van der Waals surface area contributed by atoms with Gasteiger partial charge in [-0.05, 0) is 32.0 Å². The van der Waals surface area contributed by atoms with Gasteiger partial charge in [0.1, 0.15) is 0 Å². The van der Waals surface area contributed by atoms with E-state index >= 15 is 0 Å². The highest BCUT2D eigenvalue weighted by Gasteiger charge is 2.19. The van der Waals surface area contributed by atoms with Gasteiger partial charge in [0.25, 0.3) is 0 Å². The molecule has 2 N–H and O–H groups in total. The van der Waals surface area contributed by atoms with E-state index in [4.69, 9.17) is 5.73 Å². The molecule has 1 amide bonds. The molecule has 0 aromatic carbocycles. The molecule has 1 aliphatic rings. The Kier molecular flexibility index (Phi) is 4.15. The van der Waals surface area contributed by atoms with Crippen LogP contribution in [0.25, 0.3) is 0 Å². The van der Waals surface area contributed by atoms with Crippen molar-refractivity contribution in [2.24, 2.45) is 0 Å². The number of aromatic nitrogens is 1. The van der Waals surface area contributed by atoms with Gasteiger partial charge in [0.15, 0.2) is 0 Å². The summed E-state index contributed by atoms with van der Waals surface area (Å²) in [6, 6.07) is 3.61. The molecule has 0 spiro atoms. The van der Waals surface area contributed by atoms with E-state index in [0.717, 1.165) is 31.6 Å². The van der Waals surface area contributed by atoms with Crippen molar-refractivity contribution in [1.82, 2.24) is 14.8 Å². The SMILES string of the molecule is CN(CC(=O)N1CCCC1)Cc1cc(N)ccn1. The fraction of sp³-hybridized carbons (Fsp3) is 0.538. The van der Waals surface area contributed by atoms with Gasteiger partial charge in [-0.3, -0.25) is 14.7 Å². The first-order valence-electron chi connectivity index (χ1n) is 6.32. The molecule has 0 unspecified atom stereocenters. The average molecular weight is 248 g/mol. The van der Waals surface area contributed by atoms with E-state index in [0.29, 0.717) is 18.8 Å². The molecule has 1 saturated heterocycles. The number of nitrogen functional groups attached to an aromatic ring is 1. The molecule has 0 radical (unpaired) electrons. The van der Waals surface area contributed by atoms with Crippen molar-refractivity contribution in [3.05, 3.63) is 24.0 Å². The molecule has 0 bridgehead atoms. The highest BCUT2D eigenvalue weighted by molar-refractivity contribution is 5.78. The van der Waals surface area contributed by atoms with Crippen LogP contribution in [0.5, 0.6) is 0 Å². The van der Waals surface area contributed by atoms with Crippen LogP contribution < -0.4 is 5.73 Å². The summed E-state index contributed by atoms with van der Waals surface area (Å²) in [6.45, 7) is 2.90. The van der Waals surface area contributed by atoms with E-state index in [9.17, 15) is 4.79 Å². The molecule has 18 heavy (non-hydrogen) atoms. The van der Waals surface area contributed by atoms with Crippen molar-refractivity contribution in [2.45, 2.75) is 19.4 Å². The maximum absolute atomic E-state index is 12.0. The number of hydrogen-bond acceptors (Lipinski definition) is 4. The zero-order valence-electron chi connectivity index (χ0n) is 10.8. The molecule has 0 aliphatic carbocycles. The Bertz CT molecular complexity index is 415. The van der Waals surface area contributed by atoms with E-state index in [1.807, 2.05) is 22.9 Å². The summed E-state index contributed by atoms with van der Waals surface area (Å²) in [6.07, 6.45) is 3.96. The minimum absolute atomic E-state index is 0.207. The van der Waals surface area contributed by atoms with Gasteiger partial charge in [0.2, 0.25) is 5.91 Å². The molecular weight excluding hydrogens is 228 g/mol. The lowest BCUT2D eigenvalue weighted by Gasteiger charge is -2.20. The average Bonchev–Trinajstić information content (AvgIpc) is 2.81. The number of likely N-dealkylation sites (N-methyl/N-ethyl adjacent to an activating group) is 1. The van der Waals surface area contributed by atoms with Crippen LogP contribution in [-0.2, 0) is 11.3 Å². The van der Waals surface area contributed by atoms with Crippen LogP contribution in [0.15, 0.2) is 18.3 Å². The van der Waals surface area contributed by atoms with Crippen molar-refractivity contribution in [3.8, 4) is 0 Å². The van der Waals surface area contributed by atoms with Gasteiger partial charge in [-0.25, -0.2) is 0 Å². The summed E-state index contributed by atoms with van der Waals surface area (Å²) in [4.78, 5) is 20.1. The topological polar surface area (TPSA) is 62.5 Å². The number of nitrogens with two attached hydrogens (primary N) is 1. The Morgan fingerprint density at radius 2 is 2.22 bits per heavy atom. The summed E-state index contributed by atoms with van der Waals surface area (Å²) in [5, 5.41) is 0. The molecule has 0 atom stereocenters. The Balaban J connectivity index is 1.84. The number of rotatable bonds is 4. The normalized spacial score (nSPS) is 15.3. The number of anilines is 1. The summed E-state index contributed by atoms with van der Waals surface area (Å²) in [5.74, 6) is 0.207. The van der Waals surface area contributed by atoms with Crippen LogP contribution in [0.1, 0.15) is 18.5 Å². The van der Waals surface area contributed by atoms with Crippen LogP contribution in [-0.4, -0.2) is 47.4 Å². The first-order chi connectivity index (χ1) is 8.65. The Morgan fingerprint density at radius 3 is 2.89 bits per heavy atom. The lowest BCUT2D eigenvalue weighted by Crippen LogP contribution is -2.37. The van der Waals surface area contributed by atoms with E-state index in [1.54, 1.807) is 12.3 Å². The lowest BCUT2D eigenvalue weighted by molar-refractivity contribution is -0.131.